The Morgan fingerprint density at radius 2 is 2.20 bits per heavy atom. The van der Waals surface area contributed by atoms with E-state index in [-0.39, 0.29) is 5.75 Å². The Labute approximate surface area is 95.3 Å². The van der Waals surface area contributed by atoms with Gasteiger partial charge in [0.05, 0.1) is 0 Å². The maximum absolute atomic E-state index is 9.61. The van der Waals surface area contributed by atoms with Crippen LogP contribution in [0, 0.1) is 5.41 Å². The molecule has 1 aromatic carbocycles. The van der Waals surface area contributed by atoms with Gasteiger partial charge in [-0.05, 0) is 30.4 Å². The molecule has 0 atom stereocenters. The van der Waals surface area contributed by atoms with E-state index in [1.807, 2.05) is 0 Å². The highest BCUT2D eigenvalue weighted by atomic mass is 35.5. The van der Waals surface area contributed by atoms with Gasteiger partial charge in [-0.1, -0.05) is 24.6 Å². The second-order valence-corrected chi connectivity index (χ2v) is 5.06. The third-order valence-electron chi connectivity index (χ3n) is 3.05. The third kappa shape index (κ3) is 2.64. The van der Waals surface area contributed by atoms with Gasteiger partial charge in [-0.15, -0.1) is 0 Å². The Hall–Kier alpha value is -0.730. The zero-order chi connectivity index (χ0) is 10.9. The fraction of sp³-hybridized carbons (Fsp3) is 0.500. The molecule has 0 heterocycles. The molecule has 2 nitrogen and oxygen atoms in total. The maximum Gasteiger partial charge on any atom is 0.121 e. The van der Waals surface area contributed by atoms with Crippen molar-refractivity contribution in [2.24, 2.45) is 5.41 Å². The molecule has 0 bridgehead atoms. The molecule has 1 saturated carbocycles. The molecule has 0 amide bonds. The maximum atomic E-state index is 9.61. The second kappa shape index (κ2) is 4.03. The smallest absolute Gasteiger partial charge is 0.121 e. The number of nitrogens with one attached hydrogen (secondary N) is 1. The van der Waals surface area contributed by atoms with Crippen molar-refractivity contribution in [2.75, 3.05) is 6.54 Å². The highest BCUT2D eigenvalue weighted by molar-refractivity contribution is 6.31. The van der Waals surface area contributed by atoms with Crippen LogP contribution in [0.15, 0.2) is 18.2 Å². The lowest BCUT2D eigenvalue weighted by atomic mass is 10.1. The monoisotopic (exact) mass is 225 g/mol. The van der Waals surface area contributed by atoms with Crippen molar-refractivity contribution >= 4 is 11.6 Å². The molecule has 3 heteroatoms. The predicted octanol–water partition coefficient (Wildman–Crippen LogP) is 2.94. The minimum Gasteiger partial charge on any atom is -0.508 e. The fourth-order valence-electron chi connectivity index (χ4n) is 1.60. The van der Waals surface area contributed by atoms with Crippen molar-refractivity contribution in [3.63, 3.8) is 0 Å². The molecule has 1 aliphatic carbocycles. The molecule has 82 valence electrons. The summed E-state index contributed by atoms with van der Waals surface area (Å²) < 4.78 is 0. The zero-order valence-electron chi connectivity index (χ0n) is 8.89. The second-order valence-electron chi connectivity index (χ2n) is 4.65. The summed E-state index contributed by atoms with van der Waals surface area (Å²) in [5.74, 6) is 0.274. The standard InChI is InChI=1S/C12H16ClNO/c1-12(5-6-12)8-14-7-9-10(13)3-2-4-11(9)15/h2-4,14-15H,5-8H2,1H3. The topological polar surface area (TPSA) is 32.3 Å². The van der Waals surface area contributed by atoms with Crippen LogP contribution in [0.2, 0.25) is 5.02 Å². The van der Waals surface area contributed by atoms with E-state index in [0.29, 0.717) is 17.0 Å². The molecule has 0 radical (unpaired) electrons. The molecule has 0 aromatic heterocycles. The van der Waals surface area contributed by atoms with Gasteiger partial charge in [-0.3, -0.25) is 0 Å². The number of phenolic OH excluding ortho intramolecular Hbond substituents is 1. The average Bonchev–Trinajstić information content (AvgIpc) is 2.90. The van der Waals surface area contributed by atoms with Crippen molar-refractivity contribution in [2.45, 2.75) is 26.3 Å². The third-order valence-corrected chi connectivity index (χ3v) is 3.41. The lowest BCUT2D eigenvalue weighted by molar-refractivity contribution is 0.455. The number of rotatable bonds is 4. The Bertz CT molecular complexity index is 340. The molecule has 0 unspecified atom stereocenters. The van der Waals surface area contributed by atoms with Crippen molar-refractivity contribution < 1.29 is 5.11 Å². The summed E-state index contributed by atoms with van der Waals surface area (Å²) in [6.45, 7) is 3.91. The van der Waals surface area contributed by atoms with E-state index in [1.54, 1.807) is 18.2 Å². The van der Waals surface area contributed by atoms with Crippen molar-refractivity contribution in [3.8, 4) is 5.75 Å². The number of aromatic hydroxyl groups is 1. The summed E-state index contributed by atoms with van der Waals surface area (Å²) in [4.78, 5) is 0. The van der Waals surface area contributed by atoms with E-state index < -0.39 is 0 Å². The molecule has 1 aromatic rings. The average molecular weight is 226 g/mol. The molecule has 15 heavy (non-hydrogen) atoms. The van der Waals surface area contributed by atoms with Crippen LogP contribution in [0.1, 0.15) is 25.3 Å². The fourth-order valence-corrected chi connectivity index (χ4v) is 1.84. The zero-order valence-corrected chi connectivity index (χ0v) is 9.64. The van der Waals surface area contributed by atoms with E-state index >= 15 is 0 Å². The summed E-state index contributed by atoms with van der Waals surface area (Å²) in [7, 11) is 0. The Kier molecular flexibility index (Phi) is 2.89. The summed E-state index contributed by atoms with van der Waals surface area (Å²) >= 11 is 6.00. The summed E-state index contributed by atoms with van der Waals surface area (Å²) in [5, 5.41) is 13.6. The summed E-state index contributed by atoms with van der Waals surface area (Å²) in [6, 6.07) is 5.22. The number of benzene rings is 1. The lowest BCUT2D eigenvalue weighted by Gasteiger charge is -2.11. The molecule has 0 aliphatic heterocycles. The van der Waals surface area contributed by atoms with E-state index in [0.717, 1.165) is 12.1 Å². The van der Waals surface area contributed by atoms with Crippen LogP contribution in [-0.2, 0) is 6.54 Å². The van der Waals surface area contributed by atoms with E-state index in [1.165, 1.54) is 12.8 Å². The van der Waals surface area contributed by atoms with Crippen LogP contribution in [-0.4, -0.2) is 11.7 Å². The summed E-state index contributed by atoms with van der Waals surface area (Å²) in [5.41, 5.74) is 1.28. The van der Waals surface area contributed by atoms with Crippen LogP contribution >= 0.6 is 11.6 Å². The largest absolute Gasteiger partial charge is 0.508 e. The first-order chi connectivity index (χ1) is 7.11. The SMILES string of the molecule is CC1(CNCc2c(O)cccc2Cl)CC1. The van der Waals surface area contributed by atoms with Crippen LogP contribution < -0.4 is 5.32 Å². The number of halogens is 1. The van der Waals surface area contributed by atoms with Crippen molar-refractivity contribution in [3.05, 3.63) is 28.8 Å². The molecule has 0 saturated heterocycles. The van der Waals surface area contributed by atoms with Gasteiger partial charge in [0.15, 0.2) is 0 Å². The Morgan fingerprint density at radius 1 is 1.47 bits per heavy atom. The van der Waals surface area contributed by atoms with Gasteiger partial charge in [-0.25, -0.2) is 0 Å². The van der Waals surface area contributed by atoms with Gasteiger partial charge < -0.3 is 10.4 Å². The van der Waals surface area contributed by atoms with Crippen molar-refractivity contribution in [1.29, 1.82) is 0 Å². The highest BCUT2D eigenvalue weighted by Gasteiger charge is 2.36. The van der Waals surface area contributed by atoms with Gasteiger partial charge in [0, 0.05) is 23.7 Å². The van der Waals surface area contributed by atoms with Crippen LogP contribution in [0.3, 0.4) is 0 Å². The van der Waals surface area contributed by atoms with Gasteiger partial charge in [0.2, 0.25) is 0 Å². The quantitative estimate of drug-likeness (QED) is 0.826. The number of hydrogen-bond acceptors (Lipinski definition) is 2. The van der Waals surface area contributed by atoms with E-state index in [9.17, 15) is 5.11 Å². The van der Waals surface area contributed by atoms with Gasteiger partial charge in [0.25, 0.3) is 0 Å². The van der Waals surface area contributed by atoms with E-state index in [2.05, 4.69) is 12.2 Å². The molecule has 1 fully saturated rings. The Morgan fingerprint density at radius 3 is 2.80 bits per heavy atom. The molecule has 2 N–H and O–H groups in total. The number of hydrogen-bond donors (Lipinski definition) is 2. The van der Waals surface area contributed by atoms with Crippen LogP contribution in [0.25, 0.3) is 0 Å². The highest BCUT2D eigenvalue weighted by Crippen LogP contribution is 2.44. The van der Waals surface area contributed by atoms with Gasteiger partial charge in [0.1, 0.15) is 5.75 Å². The molecular weight excluding hydrogens is 210 g/mol. The normalized spacial score (nSPS) is 17.7. The van der Waals surface area contributed by atoms with Gasteiger partial charge >= 0.3 is 0 Å². The first-order valence-corrected chi connectivity index (χ1v) is 5.66. The molecule has 1 aliphatic rings. The van der Waals surface area contributed by atoms with Crippen LogP contribution in [0.4, 0.5) is 0 Å². The van der Waals surface area contributed by atoms with E-state index in [4.69, 9.17) is 11.6 Å². The lowest BCUT2D eigenvalue weighted by Crippen LogP contribution is -2.21. The van der Waals surface area contributed by atoms with Crippen molar-refractivity contribution in [1.82, 2.24) is 5.32 Å². The molecule has 2 rings (SSSR count). The molecule has 0 spiro atoms. The number of phenols is 1. The van der Waals surface area contributed by atoms with Crippen LogP contribution in [0.5, 0.6) is 5.75 Å². The first kappa shape index (κ1) is 10.8. The summed E-state index contributed by atoms with van der Waals surface area (Å²) in [6.07, 6.45) is 2.60. The Balaban J connectivity index is 1.92. The predicted molar refractivity (Wildman–Crippen MR) is 62.2 cm³/mol. The first-order valence-electron chi connectivity index (χ1n) is 5.28. The van der Waals surface area contributed by atoms with Gasteiger partial charge in [-0.2, -0.15) is 0 Å². The minimum absolute atomic E-state index is 0.274. The minimum atomic E-state index is 0.274. The molecular formula is C12H16ClNO.